The molecule has 2 fully saturated rings. The van der Waals surface area contributed by atoms with Gasteiger partial charge in [0, 0.05) is 5.92 Å². The fourth-order valence-corrected chi connectivity index (χ4v) is 4.07. The van der Waals surface area contributed by atoms with E-state index in [0.29, 0.717) is 6.61 Å². The summed E-state index contributed by atoms with van der Waals surface area (Å²) in [7, 11) is 0. The molecular formula is C20H28N2O3. The fourth-order valence-electron chi connectivity index (χ4n) is 4.07. The molecule has 1 aromatic rings. The quantitative estimate of drug-likeness (QED) is 0.778. The van der Waals surface area contributed by atoms with Crippen molar-refractivity contribution in [3.8, 4) is 0 Å². The van der Waals surface area contributed by atoms with E-state index in [1.54, 1.807) is 6.92 Å². The van der Waals surface area contributed by atoms with Gasteiger partial charge in [0.15, 0.2) is 0 Å². The Labute approximate surface area is 149 Å². The fraction of sp³-hybridized carbons (Fsp3) is 0.600. The van der Waals surface area contributed by atoms with Gasteiger partial charge in [-0.25, -0.2) is 0 Å². The van der Waals surface area contributed by atoms with Crippen LogP contribution >= 0.6 is 0 Å². The number of esters is 1. The molecule has 1 spiro atoms. The zero-order chi connectivity index (χ0) is 17.9. The summed E-state index contributed by atoms with van der Waals surface area (Å²) in [4.78, 5) is 24.8. The lowest BCUT2D eigenvalue weighted by Gasteiger charge is -2.25. The standard InChI is InChI=1S/C20H28N2O3/c1-3-25-18(23)12-17(15-7-5-4-6-14(15)2)22-19(24)16-13-20(16)8-10-21-11-9-20/h4-7,16-17,21H,3,8-13H2,1-2H3,(H,22,24). The van der Waals surface area contributed by atoms with Crippen LogP contribution in [0.2, 0.25) is 0 Å². The maximum atomic E-state index is 12.8. The van der Waals surface area contributed by atoms with Crippen LogP contribution in [0.1, 0.15) is 49.8 Å². The molecule has 2 unspecified atom stereocenters. The molecule has 5 heteroatoms. The van der Waals surface area contributed by atoms with E-state index in [0.717, 1.165) is 43.5 Å². The number of hydrogen-bond acceptors (Lipinski definition) is 4. The Kier molecular flexibility index (Phi) is 5.42. The van der Waals surface area contributed by atoms with E-state index in [9.17, 15) is 9.59 Å². The van der Waals surface area contributed by atoms with Crippen LogP contribution in [-0.4, -0.2) is 31.6 Å². The average molecular weight is 344 g/mol. The molecule has 2 N–H and O–H groups in total. The summed E-state index contributed by atoms with van der Waals surface area (Å²) >= 11 is 0. The molecule has 1 aliphatic heterocycles. The minimum absolute atomic E-state index is 0.0828. The first-order chi connectivity index (χ1) is 12.1. The number of nitrogens with one attached hydrogen (secondary N) is 2. The lowest BCUT2D eigenvalue weighted by molar-refractivity contribution is -0.143. The van der Waals surface area contributed by atoms with Crippen LogP contribution in [0.15, 0.2) is 24.3 Å². The molecule has 1 aliphatic carbocycles. The second kappa shape index (κ2) is 7.56. The Hall–Kier alpha value is -1.88. The van der Waals surface area contributed by atoms with Crippen molar-refractivity contribution in [2.75, 3.05) is 19.7 Å². The van der Waals surface area contributed by atoms with Crippen LogP contribution in [0, 0.1) is 18.3 Å². The second-order valence-corrected chi connectivity index (χ2v) is 7.30. The highest BCUT2D eigenvalue weighted by Gasteiger charge is 2.57. The maximum Gasteiger partial charge on any atom is 0.308 e. The summed E-state index contributed by atoms with van der Waals surface area (Å²) in [5.41, 5.74) is 2.25. The van der Waals surface area contributed by atoms with Gasteiger partial charge in [-0.1, -0.05) is 24.3 Å². The third kappa shape index (κ3) is 4.03. The van der Waals surface area contributed by atoms with Crippen molar-refractivity contribution in [2.24, 2.45) is 11.3 Å². The molecule has 5 nitrogen and oxygen atoms in total. The Morgan fingerprint density at radius 2 is 2.04 bits per heavy atom. The molecule has 2 atom stereocenters. The van der Waals surface area contributed by atoms with E-state index < -0.39 is 0 Å². The number of rotatable bonds is 6. The molecule has 25 heavy (non-hydrogen) atoms. The number of ether oxygens (including phenoxy) is 1. The summed E-state index contributed by atoms with van der Waals surface area (Å²) < 4.78 is 5.10. The van der Waals surface area contributed by atoms with Gasteiger partial charge in [0.1, 0.15) is 0 Å². The van der Waals surface area contributed by atoms with Crippen LogP contribution < -0.4 is 10.6 Å². The Morgan fingerprint density at radius 3 is 2.72 bits per heavy atom. The van der Waals surface area contributed by atoms with Crippen molar-refractivity contribution in [3.05, 3.63) is 35.4 Å². The molecule has 0 bridgehead atoms. The van der Waals surface area contributed by atoms with Gasteiger partial charge < -0.3 is 15.4 Å². The number of hydrogen-bond donors (Lipinski definition) is 2. The van der Waals surface area contributed by atoms with Crippen molar-refractivity contribution in [1.82, 2.24) is 10.6 Å². The molecular weight excluding hydrogens is 316 g/mol. The van der Waals surface area contributed by atoms with Crippen LogP contribution in [0.3, 0.4) is 0 Å². The van der Waals surface area contributed by atoms with Crippen molar-refractivity contribution in [2.45, 2.75) is 45.6 Å². The van der Waals surface area contributed by atoms with Gasteiger partial charge in [-0.05, 0) is 62.7 Å². The highest BCUT2D eigenvalue weighted by atomic mass is 16.5. The highest BCUT2D eigenvalue weighted by molar-refractivity contribution is 5.84. The molecule has 0 radical (unpaired) electrons. The van der Waals surface area contributed by atoms with E-state index >= 15 is 0 Å². The van der Waals surface area contributed by atoms with E-state index in [-0.39, 0.29) is 35.7 Å². The van der Waals surface area contributed by atoms with Crippen LogP contribution in [0.5, 0.6) is 0 Å². The smallest absolute Gasteiger partial charge is 0.308 e. The minimum Gasteiger partial charge on any atom is -0.466 e. The van der Waals surface area contributed by atoms with Crippen molar-refractivity contribution in [1.29, 1.82) is 0 Å². The number of piperidine rings is 1. The van der Waals surface area contributed by atoms with Crippen LogP contribution in [0.25, 0.3) is 0 Å². The topological polar surface area (TPSA) is 67.4 Å². The maximum absolute atomic E-state index is 12.8. The molecule has 1 saturated carbocycles. The highest BCUT2D eigenvalue weighted by Crippen LogP contribution is 2.58. The molecule has 1 aromatic carbocycles. The van der Waals surface area contributed by atoms with E-state index in [1.807, 2.05) is 31.2 Å². The monoisotopic (exact) mass is 344 g/mol. The molecule has 0 aromatic heterocycles. The van der Waals surface area contributed by atoms with Crippen molar-refractivity contribution < 1.29 is 14.3 Å². The third-order valence-electron chi connectivity index (χ3n) is 5.66. The first-order valence-electron chi connectivity index (χ1n) is 9.28. The van der Waals surface area contributed by atoms with Gasteiger partial charge in [-0.3, -0.25) is 9.59 Å². The summed E-state index contributed by atoms with van der Waals surface area (Å²) in [6.45, 7) is 6.14. The predicted molar refractivity (Wildman–Crippen MR) is 96.0 cm³/mol. The first-order valence-corrected chi connectivity index (χ1v) is 9.28. The molecule has 3 rings (SSSR count). The van der Waals surface area contributed by atoms with Gasteiger partial charge >= 0.3 is 5.97 Å². The third-order valence-corrected chi connectivity index (χ3v) is 5.66. The second-order valence-electron chi connectivity index (χ2n) is 7.30. The lowest BCUT2D eigenvalue weighted by Crippen LogP contribution is -2.36. The van der Waals surface area contributed by atoms with Crippen molar-refractivity contribution in [3.63, 3.8) is 0 Å². The van der Waals surface area contributed by atoms with Gasteiger partial charge in [0.05, 0.1) is 19.1 Å². The molecule has 1 saturated heterocycles. The van der Waals surface area contributed by atoms with E-state index in [1.165, 1.54) is 0 Å². The van der Waals surface area contributed by atoms with Crippen LogP contribution in [-0.2, 0) is 14.3 Å². The summed E-state index contributed by atoms with van der Waals surface area (Å²) in [6, 6.07) is 7.56. The SMILES string of the molecule is CCOC(=O)CC(NC(=O)C1CC12CCNCC2)c1ccccc1C. The molecule has 2 aliphatic rings. The van der Waals surface area contributed by atoms with E-state index in [2.05, 4.69) is 10.6 Å². The first kappa shape index (κ1) is 17.9. The summed E-state index contributed by atoms with van der Waals surface area (Å²) in [5, 5.41) is 6.50. The average Bonchev–Trinajstić information content (AvgIpc) is 3.29. The van der Waals surface area contributed by atoms with Gasteiger partial charge in [-0.2, -0.15) is 0 Å². The summed E-state index contributed by atoms with van der Waals surface area (Å²) in [5.74, 6) is -0.105. The Morgan fingerprint density at radius 1 is 1.32 bits per heavy atom. The number of carbonyl (C=O) groups excluding carboxylic acids is 2. The number of benzene rings is 1. The lowest BCUT2D eigenvalue weighted by atomic mass is 9.91. The zero-order valence-electron chi connectivity index (χ0n) is 15.1. The van der Waals surface area contributed by atoms with Gasteiger partial charge in [-0.15, -0.1) is 0 Å². The Bertz CT molecular complexity index is 638. The minimum atomic E-state index is -0.327. The normalized spacial score (nSPS) is 22.2. The van der Waals surface area contributed by atoms with Gasteiger partial charge in [0.2, 0.25) is 5.91 Å². The largest absolute Gasteiger partial charge is 0.466 e. The summed E-state index contributed by atoms with van der Waals surface area (Å²) in [6.07, 6.45) is 3.28. The number of amides is 1. The molecule has 1 amide bonds. The van der Waals surface area contributed by atoms with E-state index in [4.69, 9.17) is 4.74 Å². The number of carbonyl (C=O) groups is 2. The van der Waals surface area contributed by atoms with Crippen LogP contribution in [0.4, 0.5) is 0 Å². The predicted octanol–water partition coefficient (Wildman–Crippen LogP) is 2.50. The van der Waals surface area contributed by atoms with Gasteiger partial charge in [0.25, 0.3) is 0 Å². The molecule has 1 heterocycles. The molecule has 136 valence electrons. The van der Waals surface area contributed by atoms with Crippen molar-refractivity contribution >= 4 is 11.9 Å². The number of aryl methyl sites for hydroxylation is 1. The zero-order valence-corrected chi connectivity index (χ0v) is 15.1. The Balaban J connectivity index is 1.70.